The minimum Gasteiger partial charge on any atom is -0.457 e. The predicted octanol–water partition coefficient (Wildman–Crippen LogP) is 0.648. The molecule has 25 nitrogen and oxygen atoms in total. The molecule has 0 amide bonds. The van der Waals surface area contributed by atoms with E-state index in [1.807, 2.05) is 0 Å². The van der Waals surface area contributed by atoms with Crippen LogP contribution in [0, 0.1) is 11.8 Å². The van der Waals surface area contributed by atoms with Gasteiger partial charge in [-0.1, -0.05) is 92.4 Å². The zero-order valence-corrected chi connectivity index (χ0v) is 47.1. The summed E-state index contributed by atoms with van der Waals surface area (Å²) in [6, 6.07) is 0. The van der Waals surface area contributed by atoms with Gasteiger partial charge in [0.1, 0.15) is 79.4 Å². The highest BCUT2D eigenvalue weighted by atomic mass is 16.8. The van der Waals surface area contributed by atoms with E-state index in [1.165, 1.54) is 34.6 Å². The third-order valence-corrected chi connectivity index (χ3v) is 15.6. The molecule has 7 aliphatic heterocycles. The average Bonchev–Trinajstić information content (AvgIpc) is 3.56. The van der Waals surface area contributed by atoms with Crippen molar-refractivity contribution in [2.24, 2.45) is 11.8 Å². The molecule has 7 rings (SSSR count). The first-order chi connectivity index (χ1) is 37.5. The fraction of sp³-hybridized carbons (Fsp3) is 0.944. The Morgan fingerprint density at radius 3 is 1.68 bits per heavy atom. The van der Waals surface area contributed by atoms with Gasteiger partial charge in [-0.25, -0.2) is 0 Å². The van der Waals surface area contributed by atoms with Gasteiger partial charge in [0.05, 0.1) is 49.0 Å². The van der Waals surface area contributed by atoms with Crippen molar-refractivity contribution >= 4 is 17.9 Å². The number of esters is 3. The normalized spacial score (nSPS) is 44.4. The second kappa shape index (κ2) is 30.5. The molecule has 7 aliphatic rings. The third-order valence-electron chi connectivity index (χ3n) is 15.6. The van der Waals surface area contributed by atoms with Crippen LogP contribution in [-0.2, 0) is 76.0 Å². The third kappa shape index (κ3) is 16.7. The molecular formula is C54H92O25. The molecule has 26 atom stereocenters. The van der Waals surface area contributed by atoms with Gasteiger partial charge < -0.3 is 108 Å². The summed E-state index contributed by atoms with van der Waals surface area (Å²) >= 11 is 0. The van der Waals surface area contributed by atoms with E-state index in [2.05, 4.69) is 6.92 Å². The van der Waals surface area contributed by atoms with Crippen LogP contribution < -0.4 is 0 Å². The maximum Gasteiger partial charge on any atom is 0.308 e. The van der Waals surface area contributed by atoms with E-state index >= 15 is 0 Å². The number of carbonyl (C=O) groups excluding carboxylic acids is 3. The van der Waals surface area contributed by atoms with Crippen molar-refractivity contribution in [1.29, 1.82) is 0 Å². The summed E-state index contributed by atoms with van der Waals surface area (Å²) < 4.78 is 80.3. The van der Waals surface area contributed by atoms with Crippen molar-refractivity contribution in [3.05, 3.63) is 0 Å². The molecular weight excluding hydrogens is 1050 g/mol. The molecule has 7 saturated heterocycles. The molecule has 4 bridgehead atoms. The molecule has 0 aromatic rings. The first-order valence-electron chi connectivity index (χ1n) is 28.7. The summed E-state index contributed by atoms with van der Waals surface area (Å²) in [7, 11) is 0. The standard InChI is InChI=1S/C54H92O25/c1-10-11-17-20-30-21-18-15-13-12-14-16-19-22-32(56)73-45-40(64)53(76-42-27(7)67-50(71-30)38(62)36(42)60)69-28(8)43(45)78-54-47(75-49(66)25(4)5)46(79-52-37(61)34(58)33(57)31(23-55)72-52)44(29(9)70-54)77-51-39(63)35(59)41(26(6)68-51)74-48(65)24(2)3/h24-31,33-47,50-55,57-64H,10-23H2,1-9H3/t26-,27-,28-,29-,30-,31+,33+,34-,35-,36-,37+,38+,39+,40+,41-,42-,43-,44-,45-,46+,47+,50-,51-,52-,53-,54-/m0/s1. The van der Waals surface area contributed by atoms with Crippen molar-refractivity contribution in [2.45, 2.75) is 305 Å². The molecule has 0 aromatic carbocycles. The number of aliphatic hydroxyl groups excluding tert-OH is 9. The number of fused-ring (bicyclic) bond motifs is 14. The Morgan fingerprint density at radius 1 is 0.506 bits per heavy atom. The van der Waals surface area contributed by atoms with Gasteiger partial charge in [0, 0.05) is 6.42 Å². The summed E-state index contributed by atoms with van der Waals surface area (Å²) in [5.74, 6) is -3.66. The van der Waals surface area contributed by atoms with Gasteiger partial charge in [-0.2, -0.15) is 0 Å². The van der Waals surface area contributed by atoms with E-state index in [0.29, 0.717) is 12.8 Å². The lowest BCUT2D eigenvalue weighted by atomic mass is 9.95. The smallest absolute Gasteiger partial charge is 0.308 e. The highest BCUT2D eigenvalue weighted by Crippen LogP contribution is 2.39. The van der Waals surface area contributed by atoms with E-state index in [9.17, 15) is 60.3 Å². The molecule has 7 heterocycles. The van der Waals surface area contributed by atoms with Crippen LogP contribution in [-0.4, -0.2) is 230 Å². The number of carbonyl (C=O) groups is 3. The molecule has 25 heteroatoms. The fourth-order valence-corrected chi connectivity index (χ4v) is 10.7. The monoisotopic (exact) mass is 1140 g/mol. The zero-order chi connectivity index (χ0) is 58.0. The van der Waals surface area contributed by atoms with Crippen molar-refractivity contribution in [3.63, 3.8) is 0 Å². The van der Waals surface area contributed by atoms with Crippen molar-refractivity contribution in [3.8, 4) is 0 Å². The molecule has 7 fully saturated rings. The molecule has 458 valence electrons. The predicted molar refractivity (Wildman–Crippen MR) is 271 cm³/mol. The number of aliphatic hydroxyl groups is 9. The van der Waals surface area contributed by atoms with Gasteiger partial charge in [-0.3, -0.25) is 14.4 Å². The van der Waals surface area contributed by atoms with Crippen LogP contribution in [0.15, 0.2) is 0 Å². The maximum absolute atomic E-state index is 13.9. The highest BCUT2D eigenvalue weighted by molar-refractivity contribution is 5.72. The summed E-state index contributed by atoms with van der Waals surface area (Å²) in [5.41, 5.74) is 0. The Balaban J connectivity index is 1.33. The number of ether oxygens (including phenoxy) is 13. The van der Waals surface area contributed by atoms with E-state index in [1.54, 1.807) is 20.8 Å². The SMILES string of the molecule is CCCCC[C@H]1CCCCCCCCCC(=O)O[C@H]2[C@@H](O)[C@H](O[C@@H]3[C@@H](O)[C@@H](O)[C@H](O1)O[C@H]3C)O[C@@H](C)[C@@H]2O[C@@H]1O[C@@H](C)[C@H](O[C@@H]2O[C@@H](C)[C@H](OC(=O)C(C)C)[C@@H](O)[C@H]2O)[C@@H](O[C@@H]2O[C@H](CO)[C@@H](O)[C@H](O)[C@H]2O)[C@H]1OC(=O)C(C)C. The quantitative estimate of drug-likeness (QED) is 0.0617. The Hall–Kier alpha value is -2.35. The van der Waals surface area contributed by atoms with E-state index < -0.39 is 190 Å². The molecule has 0 aliphatic carbocycles. The zero-order valence-electron chi connectivity index (χ0n) is 47.1. The van der Waals surface area contributed by atoms with Crippen LogP contribution in [0.2, 0.25) is 0 Å². The molecule has 79 heavy (non-hydrogen) atoms. The second-order valence-electron chi connectivity index (χ2n) is 22.7. The molecule has 0 radical (unpaired) electrons. The van der Waals surface area contributed by atoms with Crippen LogP contribution in [0.3, 0.4) is 0 Å². The van der Waals surface area contributed by atoms with Crippen LogP contribution in [0.25, 0.3) is 0 Å². The average molecular weight is 1140 g/mol. The first kappa shape index (κ1) is 65.8. The summed E-state index contributed by atoms with van der Waals surface area (Å²) in [6.45, 7) is 13.5. The minimum absolute atomic E-state index is 0.0454. The van der Waals surface area contributed by atoms with Crippen LogP contribution in [0.1, 0.15) is 146 Å². The Morgan fingerprint density at radius 2 is 1.04 bits per heavy atom. The van der Waals surface area contributed by atoms with Crippen molar-refractivity contribution in [1.82, 2.24) is 0 Å². The van der Waals surface area contributed by atoms with Gasteiger partial charge >= 0.3 is 17.9 Å². The lowest BCUT2D eigenvalue weighted by Gasteiger charge is -2.51. The topological polar surface area (TPSA) is 353 Å². The largest absolute Gasteiger partial charge is 0.457 e. The Bertz CT molecular complexity index is 1860. The Labute approximate surface area is 462 Å². The summed E-state index contributed by atoms with van der Waals surface area (Å²) in [4.78, 5) is 40.3. The van der Waals surface area contributed by atoms with E-state index in [4.69, 9.17) is 61.6 Å². The second-order valence-corrected chi connectivity index (χ2v) is 22.7. The maximum atomic E-state index is 13.9. The lowest BCUT2D eigenvalue weighted by Crippen LogP contribution is -2.68. The highest BCUT2D eigenvalue weighted by Gasteiger charge is 2.59. The molecule has 9 N–H and O–H groups in total. The van der Waals surface area contributed by atoms with Gasteiger partial charge in [0.2, 0.25) is 0 Å². The van der Waals surface area contributed by atoms with Gasteiger partial charge in [-0.15, -0.1) is 0 Å². The van der Waals surface area contributed by atoms with Crippen LogP contribution in [0.4, 0.5) is 0 Å². The van der Waals surface area contributed by atoms with Crippen molar-refractivity contribution < 1.29 is 122 Å². The van der Waals surface area contributed by atoms with E-state index in [0.717, 1.165) is 64.2 Å². The summed E-state index contributed by atoms with van der Waals surface area (Å²) in [6.07, 6.45) is -29.6. The molecule has 0 unspecified atom stereocenters. The van der Waals surface area contributed by atoms with E-state index in [-0.39, 0.29) is 12.5 Å². The number of rotatable bonds is 15. The number of hydrogen-bond acceptors (Lipinski definition) is 25. The van der Waals surface area contributed by atoms with Gasteiger partial charge in [-0.05, 0) is 47.0 Å². The number of hydrogen-bond donors (Lipinski definition) is 9. The van der Waals surface area contributed by atoms with Crippen LogP contribution >= 0.6 is 0 Å². The first-order valence-corrected chi connectivity index (χ1v) is 28.7. The van der Waals surface area contributed by atoms with Crippen molar-refractivity contribution in [2.75, 3.05) is 6.61 Å². The minimum atomic E-state index is -2.01. The van der Waals surface area contributed by atoms with Crippen LogP contribution in [0.5, 0.6) is 0 Å². The fourth-order valence-electron chi connectivity index (χ4n) is 10.7. The molecule has 0 spiro atoms. The lowest BCUT2D eigenvalue weighted by molar-refractivity contribution is -0.398. The van der Waals surface area contributed by atoms with Gasteiger partial charge in [0.15, 0.2) is 49.8 Å². The Kier molecular flexibility index (Phi) is 25.4. The molecule has 0 saturated carbocycles. The number of unbranched alkanes of at least 4 members (excludes halogenated alkanes) is 2. The van der Waals surface area contributed by atoms with Gasteiger partial charge in [0.25, 0.3) is 0 Å². The molecule has 0 aromatic heterocycles. The summed E-state index contributed by atoms with van der Waals surface area (Å²) in [5, 5.41) is 101.